The van der Waals surface area contributed by atoms with E-state index in [0.29, 0.717) is 17.3 Å². The van der Waals surface area contributed by atoms with Gasteiger partial charge in [-0.2, -0.15) is 0 Å². The minimum atomic E-state index is 0.246. The van der Waals surface area contributed by atoms with Crippen molar-refractivity contribution in [3.05, 3.63) is 22.9 Å². The van der Waals surface area contributed by atoms with Crippen LogP contribution in [0.1, 0.15) is 12.8 Å². The number of nitrogen functional groups attached to an aromatic ring is 1. The molecule has 1 atom stereocenters. The fourth-order valence-corrected chi connectivity index (χ4v) is 5.07. The van der Waals surface area contributed by atoms with Crippen LogP contribution in [-0.4, -0.2) is 39.4 Å². The molecule has 0 aliphatic carbocycles. The van der Waals surface area contributed by atoms with Crippen LogP contribution in [0.15, 0.2) is 33.0 Å². The van der Waals surface area contributed by atoms with Gasteiger partial charge in [0.2, 0.25) is 6.79 Å². The molecule has 0 saturated carbocycles. The molecular weight excluding hydrogens is 444 g/mol. The zero-order chi connectivity index (χ0) is 19.1. The first-order chi connectivity index (χ1) is 13.7. The van der Waals surface area contributed by atoms with Gasteiger partial charge in [0, 0.05) is 15.9 Å². The monoisotopic (exact) mass is 462 g/mol. The van der Waals surface area contributed by atoms with Crippen LogP contribution in [0.2, 0.25) is 0 Å². The number of rotatable bonds is 5. The summed E-state index contributed by atoms with van der Waals surface area (Å²) in [6.07, 6.45) is 3.77. The molecule has 0 bridgehead atoms. The Bertz CT molecular complexity index is 1040. The number of aryl methyl sites for hydroxylation is 1. The molecule has 0 amide bonds. The van der Waals surface area contributed by atoms with Gasteiger partial charge >= 0.3 is 0 Å². The van der Waals surface area contributed by atoms with E-state index in [9.17, 15) is 0 Å². The van der Waals surface area contributed by atoms with Crippen molar-refractivity contribution in [3.8, 4) is 11.5 Å². The SMILES string of the molecule is Nc1ncnc2c1nc(Sc1cc3c(cc1Br)OCO3)n2CCC1CCNC1. The van der Waals surface area contributed by atoms with Crippen molar-refractivity contribution >= 4 is 44.7 Å². The number of nitrogens with two attached hydrogens (primary N) is 1. The number of benzene rings is 1. The molecule has 3 aromatic rings. The topological polar surface area (TPSA) is 100 Å². The Morgan fingerprint density at radius 2 is 2.14 bits per heavy atom. The van der Waals surface area contributed by atoms with Crippen molar-refractivity contribution < 1.29 is 9.47 Å². The second-order valence-corrected chi connectivity index (χ2v) is 8.73. The predicted octanol–water partition coefficient (Wildman–Crippen LogP) is 3.05. The Hall–Kier alpha value is -2.04. The van der Waals surface area contributed by atoms with Crippen molar-refractivity contribution in [2.45, 2.75) is 29.4 Å². The number of nitrogens with zero attached hydrogens (tertiary/aromatic N) is 4. The van der Waals surface area contributed by atoms with Crippen molar-refractivity contribution in [3.63, 3.8) is 0 Å². The summed E-state index contributed by atoms with van der Waals surface area (Å²) in [7, 11) is 0. The van der Waals surface area contributed by atoms with E-state index >= 15 is 0 Å². The molecule has 2 aliphatic heterocycles. The highest BCUT2D eigenvalue weighted by Gasteiger charge is 2.22. The van der Waals surface area contributed by atoms with E-state index in [1.807, 2.05) is 12.1 Å². The molecule has 10 heteroatoms. The second-order valence-electron chi connectivity index (χ2n) is 6.86. The van der Waals surface area contributed by atoms with Crippen molar-refractivity contribution in [2.75, 3.05) is 25.6 Å². The van der Waals surface area contributed by atoms with Gasteiger partial charge in [-0.05, 0) is 59.9 Å². The van der Waals surface area contributed by atoms with Crippen LogP contribution in [0, 0.1) is 5.92 Å². The molecule has 1 aromatic carbocycles. The number of fused-ring (bicyclic) bond motifs is 2. The molecule has 4 heterocycles. The Morgan fingerprint density at radius 1 is 1.29 bits per heavy atom. The number of imidazole rings is 1. The highest BCUT2D eigenvalue weighted by atomic mass is 79.9. The van der Waals surface area contributed by atoms with Crippen LogP contribution in [0.5, 0.6) is 11.5 Å². The summed E-state index contributed by atoms with van der Waals surface area (Å²) in [5.41, 5.74) is 7.48. The van der Waals surface area contributed by atoms with E-state index in [1.165, 1.54) is 12.7 Å². The van der Waals surface area contributed by atoms with Gasteiger partial charge < -0.3 is 25.1 Å². The highest BCUT2D eigenvalue weighted by Crippen LogP contribution is 2.43. The molecule has 1 fully saturated rings. The molecule has 28 heavy (non-hydrogen) atoms. The predicted molar refractivity (Wildman–Crippen MR) is 110 cm³/mol. The number of nitrogens with one attached hydrogen (secondary N) is 1. The Kier molecular flexibility index (Phi) is 4.77. The van der Waals surface area contributed by atoms with Gasteiger partial charge in [-0.15, -0.1) is 0 Å². The molecular formula is C18H19BrN6O2S. The fraction of sp³-hybridized carbons (Fsp3) is 0.389. The minimum absolute atomic E-state index is 0.246. The van der Waals surface area contributed by atoms with Gasteiger partial charge in [0.25, 0.3) is 0 Å². The standard InChI is InChI=1S/C18H19BrN6O2S/c19-11-5-12-13(27-9-26-12)6-14(11)28-18-24-15-16(20)22-8-23-17(15)25(18)4-2-10-1-3-21-7-10/h5-6,8,10,21H,1-4,7,9H2,(H2,20,22,23). The summed E-state index contributed by atoms with van der Waals surface area (Å²) in [6, 6.07) is 3.90. The van der Waals surface area contributed by atoms with Gasteiger partial charge in [0.1, 0.15) is 6.33 Å². The summed E-state index contributed by atoms with van der Waals surface area (Å²) < 4.78 is 14.0. The maximum Gasteiger partial charge on any atom is 0.231 e. The zero-order valence-electron chi connectivity index (χ0n) is 15.0. The lowest BCUT2D eigenvalue weighted by Gasteiger charge is -2.12. The van der Waals surface area contributed by atoms with E-state index in [-0.39, 0.29) is 6.79 Å². The number of halogens is 1. The van der Waals surface area contributed by atoms with Gasteiger partial charge in [-0.3, -0.25) is 0 Å². The number of aromatic nitrogens is 4. The van der Waals surface area contributed by atoms with Crippen LogP contribution in [0.3, 0.4) is 0 Å². The molecule has 3 N–H and O–H groups in total. The lowest BCUT2D eigenvalue weighted by molar-refractivity contribution is 0.174. The molecule has 0 radical (unpaired) electrons. The van der Waals surface area contributed by atoms with Gasteiger partial charge in [-0.1, -0.05) is 11.8 Å². The Labute approximate surface area is 174 Å². The smallest absolute Gasteiger partial charge is 0.231 e. The van der Waals surface area contributed by atoms with Gasteiger partial charge in [-0.25, -0.2) is 15.0 Å². The molecule has 146 valence electrons. The Morgan fingerprint density at radius 3 is 2.96 bits per heavy atom. The first-order valence-electron chi connectivity index (χ1n) is 9.13. The third kappa shape index (κ3) is 3.29. The average Bonchev–Trinajstić information content (AvgIpc) is 3.41. The van der Waals surface area contributed by atoms with Crippen molar-refractivity contribution in [1.82, 2.24) is 24.8 Å². The first-order valence-corrected chi connectivity index (χ1v) is 10.7. The van der Waals surface area contributed by atoms with E-state index in [0.717, 1.165) is 57.7 Å². The maximum absolute atomic E-state index is 6.06. The quantitative estimate of drug-likeness (QED) is 0.596. The van der Waals surface area contributed by atoms with E-state index < -0.39 is 0 Å². The molecule has 5 rings (SSSR count). The van der Waals surface area contributed by atoms with Crippen molar-refractivity contribution in [1.29, 1.82) is 0 Å². The number of hydrogen-bond donors (Lipinski definition) is 2. The summed E-state index contributed by atoms with van der Waals surface area (Å²) in [4.78, 5) is 14.3. The number of anilines is 1. The normalized spacial score (nSPS) is 18.2. The van der Waals surface area contributed by atoms with Gasteiger partial charge in [0.15, 0.2) is 33.6 Å². The molecule has 0 spiro atoms. The van der Waals surface area contributed by atoms with Crippen LogP contribution < -0.4 is 20.5 Å². The maximum atomic E-state index is 6.06. The minimum Gasteiger partial charge on any atom is -0.454 e. The molecule has 1 saturated heterocycles. The summed E-state index contributed by atoms with van der Waals surface area (Å²) in [5.74, 6) is 2.56. The second kappa shape index (κ2) is 7.41. The molecule has 2 aliphatic rings. The largest absolute Gasteiger partial charge is 0.454 e. The van der Waals surface area contributed by atoms with Gasteiger partial charge in [0.05, 0.1) is 0 Å². The third-order valence-electron chi connectivity index (χ3n) is 5.08. The highest BCUT2D eigenvalue weighted by molar-refractivity contribution is 9.10. The Balaban J connectivity index is 1.51. The van der Waals surface area contributed by atoms with Crippen LogP contribution >= 0.6 is 27.7 Å². The lowest BCUT2D eigenvalue weighted by atomic mass is 10.1. The molecule has 1 unspecified atom stereocenters. The zero-order valence-corrected chi connectivity index (χ0v) is 17.4. The van der Waals surface area contributed by atoms with Crippen molar-refractivity contribution in [2.24, 2.45) is 5.92 Å². The summed E-state index contributed by atoms with van der Waals surface area (Å²) >= 11 is 5.18. The fourth-order valence-electron chi connectivity index (χ4n) is 3.56. The number of hydrogen-bond acceptors (Lipinski definition) is 8. The molecule has 2 aromatic heterocycles. The average molecular weight is 463 g/mol. The number of ether oxygens (including phenoxy) is 2. The van der Waals surface area contributed by atoms with Crippen LogP contribution in [0.4, 0.5) is 5.82 Å². The van der Waals surface area contributed by atoms with E-state index in [1.54, 1.807) is 11.8 Å². The summed E-state index contributed by atoms with van der Waals surface area (Å²) in [6.45, 7) is 3.25. The van der Waals surface area contributed by atoms with E-state index in [4.69, 9.17) is 20.2 Å². The third-order valence-corrected chi connectivity index (χ3v) is 7.05. The summed E-state index contributed by atoms with van der Waals surface area (Å²) in [5, 5.41) is 4.27. The van der Waals surface area contributed by atoms with Crippen LogP contribution in [0.25, 0.3) is 11.2 Å². The van der Waals surface area contributed by atoms with E-state index in [2.05, 4.69) is 35.8 Å². The lowest BCUT2D eigenvalue weighted by Crippen LogP contribution is -2.12. The van der Waals surface area contributed by atoms with Crippen LogP contribution in [-0.2, 0) is 6.54 Å². The molecule has 8 nitrogen and oxygen atoms in total. The first kappa shape index (κ1) is 18.0.